The molecule has 20 nitrogen and oxygen atoms in total. The van der Waals surface area contributed by atoms with Crippen molar-refractivity contribution in [2.45, 2.75) is 6.92 Å². The lowest BCUT2D eigenvalue weighted by Gasteiger charge is -2.12. The highest BCUT2D eigenvalue weighted by Crippen LogP contribution is 2.41. The number of aliphatic imine (C=N–C) groups is 2. The van der Waals surface area contributed by atoms with E-state index in [-0.39, 0.29) is 73.7 Å². The highest BCUT2D eigenvalue weighted by molar-refractivity contribution is 8.18. The SMILES string of the molecule is CCOC(=O)C1=C(O)/C(=C/c2ccc(OCCOCCOCCOCCNC(=O)c3cc(NC=O)cc(NC(=O)Nc4ccc(C#N)cc4)c3)c(O)c2)SC1=Nc1ccccc1.CNc1ccc(C2=NCCN2)cc1. The normalized spacial score (nSPS) is 13.6. The molecule has 0 aliphatic carbocycles. The summed E-state index contributed by atoms with van der Waals surface area (Å²) in [5.41, 5.74) is 5.08. The first-order chi connectivity index (χ1) is 36.6. The second-order valence-corrected chi connectivity index (χ2v) is 16.8. The number of phenolic OH excluding ortho intramolecular Hbond substituents is 1. The first-order valence-corrected chi connectivity index (χ1v) is 24.5. The Balaban J connectivity index is 0.000000606. The van der Waals surface area contributed by atoms with E-state index in [1.807, 2.05) is 31.3 Å². The van der Waals surface area contributed by atoms with Crippen LogP contribution in [-0.2, 0) is 28.5 Å². The zero-order valence-electron chi connectivity index (χ0n) is 41.2. The first-order valence-electron chi connectivity index (χ1n) is 23.7. The standard InChI is InChI=1S/C44H44N6O11S.C10H13N3/c1-2-60-43(55)39-40(53)38(62-42(39)48-32-6-4-3-5-7-32)23-30-10-13-37(36(52)22-30)61-21-20-59-19-18-58-17-16-57-15-14-46-41(54)31-24-34(47-28-51)26-35(25-31)50-44(56)49-33-11-8-29(27-45)9-12-33;1-11-9-4-2-8(3-5-9)10-12-6-7-13-10/h3-13,22-26,28,52-53H,2,14-21H2,1H3,(H,46,54)(H,47,51)(H2,49,50,56);2-5,11H,6-7H2,1H3,(H,12,13)/b38-23-,48-42?;. The van der Waals surface area contributed by atoms with E-state index in [4.69, 9.17) is 28.9 Å². The number of hydrogen-bond donors (Lipinski definition) is 8. The Morgan fingerprint density at radius 1 is 0.813 bits per heavy atom. The summed E-state index contributed by atoms with van der Waals surface area (Å²) in [6.07, 6.45) is 2.08. The Morgan fingerprint density at radius 3 is 2.15 bits per heavy atom. The Hall–Kier alpha value is -8.68. The van der Waals surface area contributed by atoms with Crippen molar-refractivity contribution >= 4 is 81.5 Å². The zero-order chi connectivity index (χ0) is 53.2. The molecule has 2 aliphatic heterocycles. The largest absolute Gasteiger partial charge is 0.506 e. The van der Waals surface area contributed by atoms with Gasteiger partial charge in [0.1, 0.15) is 28.8 Å². The number of aromatic hydroxyl groups is 1. The van der Waals surface area contributed by atoms with E-state index in [0.717, 1.165) is 41.9 Å². The fraction of sp³-hybridized carbons (Fsp3) is 0.241. The quantitative estimate of drug-likeness (QED) is 0.0168. The Labute approximate surface area is 437 Å². The molecular formula is C54H57N9O11S. The van der Waals surface area contributed by atoms with Gasteiger partial charge in [-0.3, -0.25) is 14.6 Å². The fourth-order valence-electron chi connectivity index (χ4n) is 6.89. The number of benzene rings is 5. The number of carbonyl (C=O) groups is 4. The topological polar surface area (TPSA) is 276 Å². The molecule has 7 rings (SSSR count). The number of phenols is 1. The molecule has 0 spiro atoms. The van der Waals surface area contributed by atoms with Crippen molar-refractivity contribution < 1.29 is 53.1 Å². The van der Waals surface area contributed by atoms with Crippen molar-refractivity contribution in [3.63, 3.8) is 0 Å². The summed E-state index contributed by atoms with van der Waals surface area (Å²) in [6, 6.07) is 34.2. The summed E-state index contributed by atoms with van der Waals surface area (Å²) in [4.78, 5) is 58.3. The number of amides is 4. The molecule has 4 amide bonds. The molecule has 5 aromatic rings. The number of hydrogen-bond acceptors (Lipinski definition) is 17. The van der Waals surface area contributed by atoms with Crippen LogP contribution < -0.4 is 36.6 Å². The minimum atomic E-state index is -0.685. The monoisotopic (exact) mass is 1040 g/mol. The number of urea groups is 1. The second kappa shape index (κ2) is 29.7. The number of amidine groups is 1. The maximum absolute atomic E-state index is 12.8. The smallest absolute Gasteiger partial charge is 0.344 e. The summed E-state index contributed by atoms with van der Waals surface area (Å²) in [6.45, 7) is 5.62. The average molecular weight is 1040 g/mol. The molecule has 0 fully saturated rings. The van der Waals surface area contributed by atoms with Gasteiger partial charge in [0.25, 0.3) is 5.91 Å². The number of anilines is 4. The molecule has 0 atom stereocenters. The van der Waals surface area contributed by atoms with Gasteiger partial charge in [0.2, 0.25) is 6.41 Å². The van der Waals surface area contributed by atoms with Gasteiger partial charge in [-0.15, -0.1) is 0 Å². The molecule has 2 aliphatic rings. The molecule has 0 bridgehead atoms. The highest BCUT2D eigenvalue weighted by Gasteiger charge is 2.33. The molecular weight excluding hydrogens is 983 g/mol. The molecule has 0 saturated heterocycles. The van der Waals surface area contributed by atoms with Crippen LogP contribution in [0.2, 0.25) is 0 Å². The number of nitrogens with one attached hydrogen (secondary N) is 6. The lowest BCUT2D eigenvalue weighted by atomic mass is 10.1. The van der Waals surface area contributed by atoms with E-state index >= 15 is 0 Å². The third-order valence-electron chi connectivity index (χ3n) is 10.5. The van der Waals surface area contributed by atoms with Crippen molar-refractivity contribution in [3.05, 3.63) is 154 Å². The molecule has 8 N–H and O–H groups in total. The van der Waals surface area contributed by atoms with E-state index in [1.54, 1.807) is 61.5 Å². The number of aliphatic hydroxyl groups excluding tert-OH is 1. The molecule has 0 saturated carbocycles. The minimum absolute atomic E-state index is 0.0259. The van der Waals surface area contributed by atoms with E-state index in [9.17, 15) is 29.4 Å². The predicted molar refractivity (Wildman–Crippen MR) is 289 cm³/mol. The van der Waals surface area contributed by atoms with Gasteiger partial charge in [-0.25, -0.2) is 14.6 Å². The summed E-state index contributed by atoms with van der Waals surface area (Å²) < 4.78 is 27.4. The lowest BCUT2D eigenvalue weighted by molar-refractivity contribution is -0.138. The van der Waals surface area contributed by atoms with Gasteiger partial charge in [0, 0.05) is 54.0 Å². The number of rotatable bonds is 24. The maximum Gasteiger partial charge on any atom is 0.344 e. The molecule has 75 heavy (non-hydrogen) atoms. The van der Waals surface area contributed by atoms with Gasteiger partial charge in [-0.1, -0.05) is 36.0 Å². The summed E-state index contributed by atoms with van der Waals surface area (Å²) in [5, 5.41) is 47.6. The van der Waals surface area contributed by atoms with Gasteiger partial charge in [0.15, 0.2) is 11.5 Å². The van der Waals surface area contributed by atoms with Crippen LogP contribution >= 0.6 is 11.8 Å². The number of nitriles is 1. The van der Waals surface area contributed by atoms with Crippen molar-refractivity contribution in [1.29, 1.82) is 5.26 Å². The van der Waals surface area contributed by atoms with Crippen molar-refractivity contribution in [3.8, 4) is 17.6 Å². The van der Waals surface area contributed by atoms with Crippen LogP contribution in [0, 0.1) is 11.3 Å². The van der Waals surface area contributed by atoms with Gasteiger partial charge >= 0.3 is 12.0 Å². The van der Waals surface area contributed by atoms with Crippen LogP contribution in [0.3, 0.4) is 0 Å². The third-order valence-corrected chi connectivity index (χ3v) is 11.5. The molecule has 21 heteroatoms. The van der Waals surface area contributed by atoms with E-state index < -0.39 is 17.9 Å². The van der Waals surface area contributed by atoms with Crippen LogP contribution in [0.1, 0.15) is 34.0 Å². The third kappa shape index (κ3) is 17.8. The molecule has 0 aromatic heterocycles. The van der Waals surface area contributed by atoms with E-state index in [1.165, 1.54) is 24.3 Å². The number of nitrogens with zero attached hydrogens (tertiary/aromatic N) is 3. The van der Waals surface area contributed by atoms with Crippen LogP contribution in [0.25, 0.3) is 6.08 Å². The fourth-order valence-corrected chi connectivity index (χ4v) is 7.93. The molecule has 390 valence electrons. The van der Waals surface area contributed by atoms with Crippen molar-refractivity contribution in [2.24, 2.45) is 9.98 Å². The molecule has 0 unspecified atom stereocenters. The summed E-state index contributed by atoms with van der Waals surface area (Å²) >= 11 is 1.12. The van der Waals surface area contributed by atoms with Gasteiger partial charge in [-0.05, 0) is 110 Å². The number of para-hydroxylation sites is 1. The van der Waals surface area contributed by atoms with Gasteiger partial charge < -0.3 is 65.8 Å². The summed E-state index contributed by atoms with van der Waals surface area (Å²) in [7, 11) is 1.92. The lowest BCUT2D eigenvalue weighted by Crippen LogP contribution is -2.28. The number of aliphatic hydroxyl groups is 1. The molecule has 2 heterocycles. The average Bonchev–Trinajstić information content (AvgIpc) is 4.07. The van der Waals surface area contributed by atoms with Crippen LogP contribution in [0.5, 0.6) is 11.5 Å². The van der Waals surface area contributed by atoms with Crippen LogP contribution in [-0.4, -0.2) is 125 Å². The number of carbonyl (C=O) groups excluding carboxylic acids is 4. The van der Waals surface area contributed by atoms with Crippen LogP contribution in [0.15, 0.2) is 141 Å². The first kappa shape index (κ1) is 55.6. The second-order valence-electron chi connectivity index (χ2n) is 15.8. The molecule has 0 radical (unpaired) electrons. The highest BCUT2D eigenvalue weighted by atomic mass is 32.2. The summed E-state index contributed by atoms with van der Waals surface area (Å²) in [5.74, 6) is -0.258. The van der Waals surface area contributed by atoms with Gasteiger partial charge in [-0.2, -0.15) is 5.26 Å². The maximum atomic E-state index is 12.8. The van der Waals surface area contributed by atoms with E-state index in [2.05, 4.69) is 66.2 Å². The van der Waals surface area contributed by atoms with Crippen molar-refractivity contribution in [2.75, 3.05) is 101 Å². The van der Waals surface area contributed by atoms with E-state index in [0.29, 0.717) is 64.4 Å². The number of esters is 1. The Kier molecular flexibility index (Phi) is 22.1. The molecule has 5 aromatic carbocycles. The van der Waals surface area contributed by atoms with Crippen molar-refractivity contribution in [1.82, 2.24) is 10.6 Å². The van der Waals surface area contributed by atoms with Gasteiger partial charge in [0.05, 0.1) is 75.0 Å². The number of thioether (sulfide) groups is 1. The Morgan fingerprint density at radius 2 is 1.49 bits per heavy atom. The predicted octanol–water partition coefficient (Wildman–Crippen LogP) is 7.61. The Bertz CT molecular complexity index is 2910. The zero-order valence-corrected chi connectivity index (χ0v) is 42.0. The minimum Gasteiger partial charge on any atom is -0.506 e. The van der Waals surface area contributed by atoms with Crippen LogP contribution in [0.4, 0.5) is 33.2 Å². The number of ether oxygens (including phenoxy) is 5.